The molecule has 1 aromatic heterocycles. The van der Waals surface area contributed by atoms with Crippen molar-refractivity contribution >= 4 is 11.6 Å². The van der Waals surface area contributed by atoms with Crippen molar-refractivity contribution < 1.29 is 4.74 Å². The average molecular weight is 284 g/mol. The molecule has 0 unspecified atom stereocenters. The maximum Gasteiger partial charge on any atom is 0.131 e. The lowest BCUT2D eigenvalue weighted by Gasteiger charge is -2.17. The zero-order chi connectivity index (χ0) is 14.7. The highest BCUT2D eigenvalue weighted by Crippen LogP contribution is 2.45. The number of nitrogens with one attached hydrogen (secondary N) is 1. The van der Waals surface area contributed by atoms with Crippen LogP contribution in [0.2, 0.25) is 0 Å². The fraction of sp³-hybridized carbons (Fsp3) is 0.375. The molecule has 0 aliphatic heterocycles. The molecule has 5 heteroatoms. The fourth-order valence-electron chi connectivity index (χ4n) is 2.26. The van der Waals surface area contributed by atoms with Gasteiger partial charge in [0.15, 0.2) is 0 Å². The monoisotopic (exact) mass is 284 g/mol. The Hall–Kier alpha value is -2.30. The van der Waals surface area contributed by atoms with Crippen LogP contribution in [0.25, 0.3) is 0 Å². The molecule has 1 aliphatic rings. The van der Waals surface area contributed by atoms with Gasteiger partial charge in [-0.15, -0.1) is 0 Å². The van der Waals surface area contributed by atoms with Crippen molar-refractivity contribution in [3.8, 4) is 5.75 Å². The smallest absolute Gasteiger partial charge is 0.131 e. The third kappa shape index (κ3) is 3.62. The van der Waals surface area contributed by atoms with Crippen molar-refractivity contribution in [1.29, 1.82) is 0 Å². The number of para-hydroxylation sites is 1. The van der Waals surface area contributed by atoms with Gasteiger partial charge in [0.2, 0.25) is 0 Å². The number of nitrogens with zero attached hydrogens (tertiary/aromatic N) is 2. The minimum absolute atomic E-state index is 0.212. The van der Waals surface area contributed by atoms with E-state index >= 15 is 0 Å². The summed E-state index contributed by atoms with van der Waals surface area (Å²) in [7, 11) is 0. The number of hydrogen-bond donors (Lipinski definition) is 2. The van der Waals surface area contributed by atoms with Gasteiger partial charge in [-0.3, -0.25) is 0 Å². The molecule has 110 valence electrons. The van der Waals surface area contributed by atoms with Gasteiger partial charge in [-0.2, -0.15) is 0 Å². The van der Waals surface area contributed by atoms with Crippen LogP contribution >= 0.6 is 0 Å². The Morgan fingerprint density at radius 3 is 2.67 bits per heavy atom. The molecule has 0 saturated heterocycles. The first-order valence-electron chi connectivity index (χ1n) is 7.18. The second-order valence-corrected chi connectivity index (χ2v) is 5.68. The quantitative estimate of drug-likeness (QED) is 0.853. The van der Waals surface area contributed by atoms with E-state index in [9.17, 15) is 0 Å². The molecule has 1 aliphatic carbocycles. The lowest BCUT2D eigenvalue weighted by Crippen LogP contribution is -2.23. The zero-order valence-electron chi connectivity index (χ0n) is 12.2. The van der Waals surface area contributed by atoms with E-state index in [1.165, 1.54) is 12.8 Å². The molecule has 21 heavy (non-hydrogen) atoms. The number of aromatic nitrogens is 2. The van der Waals surface area contributed by atoms with Crippen LogP contribution in [0.1, 0.15) is 18.7 Å². The molecule has 0 bridgehead atoms. The number of benzene rings is 1. The number of rotatable bonds is 6. The first-order valence-corrected chi connectivity index (χ1v) is 7.18. The molecule has 0 radical (unpaired) electrons. The topological polar surface area (TPSA) is 73.1 Å². The normalized spacial score (nSPS) is 15.5. The molecular weight excluding hydrogens is 264 g/mol. The molecule has 0 atom stereocenters. The summed E-state index contributed by atoms with van der Waals surface area (Å²) in [6, 6.07) is 11.7. The summed E-state index contributed by atoms with van der Waals surface area (Å²) < 4.78 is 5.87. The molecule has 1 fully saturated rings. The Balaban J connectivity index is 1.54. The van der Waals surface area contributed by atoms with E-state index in [-0.39, 0.29) is 5.41 Å². The minimum Gasteiger partial charge on any atom is -0.493 e. The van der Waals surface area contributed by atoms with E-state index < -0.39 is 0 Å². The van der Waals surface area contributed by atoms with Crippen LogP contribution in [0.4, 0.5) is 11.6 Å². The lowest BCUT2D eigenvalue weighted by molar-refractivity contribution is 0.242. The summed E-state index contributed by atoms with van der Waals surface area (Å²) in [5.74, 6) is 2.88. The van der Waals surface area contributed by atoms with E-state index in [4.69, 9.17) is 10.5 Å². The van der Waals surface area contributed by atoms with Gasteiger partial charge in [-0.25, -0.2) is 9.97 Å². The van der Waals surface area contributed by atoms with Gasteiger partial charge in [0.05, 0.1) is 6.61 Å². The van der Waals surface area contributed by atoms with Gasteiger partial charge in [0.1, 0.15) is 23.2 Å². The highest BCUT2D eigenvalue weighted by molar-refractivity contribution is 5.44. The number of hydrogen-bond acceptors (Lipinski definition) is 5. The van der Waals surface area contributed by atoms with Crippen LogP contribution < -0.4 is 15.8 Å². The van der Waals surface area contributed by atoms with E-state index in [0.717, 1.165) is 24.7 Å². The standard InChI is InChI=1S/C16H20N4O/c1-12-19-14(17)9-15(20-12)18-10-16(7-8-16)11-21-13-5-3-2-4-6-13/h2-6,9H,7-8,10-11H2,1H3,(H3,17,18,19,20). The number of aryl methyl sites for hydroxylation is 1. The molecular formula is C16H20N4O. The first kappa shape index (κ1) is 13.7. The predicted octanol–water partition coefficient (Wildman–Crippen LogP) is 2.64. The van der Waals surface area contributed by atoms with Crippen molar-refractivity contribution in [2.45, 2.75) is 19.8 Å². The highest BCUT2D eigenvalue weighted by atomic mass is 16.5. The highest BCUT2D eigenvalue weighted by Gasteiger charge is 2.43. The first-order chi connectivity index (χ1) is 10.2. The van der Waals surface area contributed by atoms with E-state index in [1.54, 1.807) is 6.07 Å². The number of nitrogens with two attached hydrogens (primary N) is 1. The summed E-state index contributed by atoms with van der Waals surface area (Å²) in [5, 5.41) is 3.35. The third-order valence-electron chi connectivity index (χ3n) is 3.75. The van der Waals surface area contributed by atoms with Crippen LogP contribution in [-0.2, 0) is 0 Å². The van der Waals surface area contributed by atoms with E-state index in [1.807, 2.05) is 37.3 Å². The summed E-state index contributed by atoms with van der Waals surface area (Å²) in [6.45, 7) is 3.41. The van der Waals surface area contributed by atoms with Crippen LogP contribution in [0, 0.1) is 12.3 Å². The maximum absolute atomic E-state index is 5.87. The van der Waals surface area contributed by atoms with E-state index in [0.29, 0.717) is 11.6 Å². The Morgan fingerprint density at radius 2 is 2.00 bits per heavy atom. The average Bonchev–Trinajstić information content (AvgIpc) is 3.24. The summed E-state index contributed by atoms with van der Waals surface area (Å²) in [4.78, 5) is 8.41. The zero-order valence-corrected chi connectivity index (χ0v) is 12.2. The second-order valence-electron chi connectivity index (χ2n) is 5.68. The number of ether oxygens (including phenoxy) is 1. The fourth-order valence-corrected chi connectivity index (χ4v) is 2.26. The second kappa shape index (κ2) is 5.60. The van der Waals surface area contributed by atoms with E-state index in [2.05, 4.69) is 15.3 Å². The van der Waals surface area contributed by atoms with Crippen LogP contribution in [0.15, 0.2) is 36.4 Å². The molecule has 5 nitrogen and oxygen atoms in total. The SMILES string of the molecule is Cc1nc(N)cc(NCC2(COc3ccccc3)CC2)n1. The summed E-state index contributed by atoms with van der Waals surface area (Å²) in [6.07, 6.45) is 2.35. The molecule has 1 heterocycles. The molecule has 0 amide bonds. The molecule has 2 aromatic rings. The van der Waals surface area contributed by atoms with Crippen LogP contribution in [0.3, 0.4) is 0 Å². The van der Waals surface area contributed by atoms with Gasteiger partial charge in [-0.1, -0.05) is 18.2 Å². The number of nitrogen functional groups attached to an aromatic ring is 1. The Labute approximate surface area is 124 Å². The van der Waals surface area contributed by atoms with Crippen molar-refractivity contribution in [3.05, 3.63) is 42.2 Å². The molecule has 3 N–H and O–H groups in total. The predicted molar refractivity (Wildman–Crippen MR) is 83.3 cm³/mol. The maximum atomic E-state index is 5.87. The lowest BCUT2D eigenvalue weighted by atomic mass is 10.1. The van der Waals surface area contributed by atoms with Gasteiger partial charge in [-0.05, 0) is 31.9 Å². The molecule has 1 aromatic carbocycles. The van der Waals surface area contributed by atoms with Crippen molar-refractivity contribution in [3.63, 3.8) is 0 Å². The number of anilines is 2. The Bertz CT molecular complexity index is 591. The van der Waals surface area contributed by atoms with Gasteiger partial charge in [0, 0.05) is 18.0 Å². The summed E-state index contributed by atoms with van der Waals surface area (Å²) >= 11 is 0. The minimum atomic E-state index is 0.212. The van der Waals surface area contributed by atoms with Crippen molar-refractivity contribution in [1.82, 2.24) is 9.97 Å². The Kier molecular flexibility index (Phi) is 3.64. The molecule has 1 saturated carbocycles. The molecule has 0 spiro atoms. The third-order valence-corrected chi connectivity index (χ3v) is 3.75. The molecule has 3 rings (SSSR count). The van der Waals surface area contributed by atoms with Crippen LogP contribution in [0.5, 0.6) is 5.75 Å². The summed E-state index contributed by atoms with van der Waals surface area (Å²) in [5.41, 5.74) is 5.95. The Morgan fingerprint density at radius 1 is 1.24 bits per heavy atom. The van der Waals surface area contributed by atoms with Crippen molar-refractivity contribution in [2.24, 2.45) is 5.41 Å². The van der Waals surface area contributed by atoms with Gasteiger partial charge in [0.25, 0.3) is 0 Å². The van der Waals surface area contributed by atoms with Crippen molar-refractivity contribution in [2.75, 3.05) is 24.2 Å². The van der Waals surface area contributed by atoms with Crippen LogP contribution in [-0.4, -0.2) is 23.1 Å². The van der Waals surface area contributed by atoms with Gasteiger partial charge < -0.3 is 15.8 Å². The largest absolute Gasteiger partial charge is 0.493 e. The van der Waals surface area contributed by atoms with Gasteiger partial charge >= 0.3 is 0 Å².